The van der Waals surface area contributed by atoms with Crippen molar-refractivity contribution in [3.8, 4) is 11.4 Å². The lowest BCUT2D eigenvalue weighted by Gasteiger charge is -2.18. The molecule has 0 atom stereocenters. The molecule has 1 N–H and O–H groups in total. The standard InChI is InChI=1S/C25H31N3O3/c1-5-26-24(29)20-9-8-18(4)23(16-20)28-13-12-19-10-11-21(17-22(19)25(28)30)31-15-14-27(6-2)7-3/h8-13,16-17H,5-7,14-15H2,1-4H3,(H,26,29). The Morgan fingerprint density at radius 3 is 2.55 bits per heavy atom. The Morgan fingerprint density at radius 2 is 1.84 bits per heavy atom. The molecule has 0 aliphatic heterocycles. The normalized spacial score (nSPS) is 11.1. The minimum absolute atomic E-state index is 0.136. The van der Waals surface area contributed by atoms with Crippen LogP contribution in [0.15, 0.2) is 53.5 Å². The SMILES string of the molecule is CCNC(=O)c1ccc(C)c(-n2ccc3ccc(OCCN(CC)CC)cc3c2=O)c1. The Labute approximate surface area is 183 Å². The third kappa shape index (κ3) is 5.14. The molecule has 0 spiro atoms. The number of pyridine rings is 1. The molecule has 0 unspecified atom stereocenters. The van der Waals surface area contributed by atoms with Crippen LogP contribution in [0.25, 0.3) is 16.5 Å². The Balaban J connectivity index is 1.94. The van der Waals surface area contributed by atoms with Gasteiger partial charge in [0.2, 0.25) is 0 Å². The van der Waals surface area contributed by atoms with Crippen LogP contribution in [0.2, 0.25) is 0 Å². The van der Waals surface area contributed by atoms with Gasteiger partial charge in [-0.05, 0) is 68.2 Å². The second-order valence-corrected chi connectivity index (χ2v) is 7.48. The Bertz CT molecular complexity index is 1120. The van der Waals surface area contributed by atoms with Gasteiger partial charge in [-0.25, -0.2) is 0 Å². The van der Waals surface area contributed by atoms with E-state index in [2.05, 4.69) is 24.1 Å². The smallest absolute Gasteiger partial charge is 0.263 e. The number of likely N-dealkylation sites (N-methyl/N-ethyl adjacent to an activating group) is 1. The zero-order valence-electron chi connectivity index (χ0n) is 18.8. The van der Waals surface area contributed by atoms with Crippen molar-refractivity contribution in [3.05, 3.63) is 70.1 Å². The first kappa shape index (κ1) is 22.6. The molecule has 1 amide bonds. The van der Waals surface area contributed by atoms with E-state index in [4.69, 9.17) is 4.74 Å². The van der Waals surface area contributed by atoms with Gasteiger partial charge in [-0.3, -0.25) is 14.2 Å². The maximum absolute atomic E-state index is 13.3. The monoisotopic (exact) mass is 421 g/mol. The molecule has 0 aliphatic rings. The first-order chi connectivity index (χ1) is 15.0. The molecule has 0 bridgehead atoms. The highest BCUT2D eigenvalue weighted by molar-refractivity contribution is 5.95. The number of fused-ring (bicyclic) bond motifs is 1. The van der Waals surface area contributed by atoms with E-state index in [9.17, 15) is 9.59 Å². The summed E-state index contributed by atoms with van der Waals surface area (Å²) >= 11 is 0. The summed E-state index contributed by atoms with van der Waals surface area (Å²) in [6.45, 7) is 12.0. The first-order valence-corrected chi connectivity index (χ1v) is 10.9. The molecule has 3 rings (SSSR count). The van der Waals surface area contributed by atoms with Gasteiger partial charge in [-0.1, -0.05) is 26.0 Å². The van der Waals surface area contributed by atoms with Crippen LogP contribution < -0.4 is 15.6 Å². The second-order valence-electron chi connectivity index (χ2n) is 7.48. The lowest BCUT2D eigenvalue weighted by atomic mass is 10.1. The minimum Gasteiger partial charge on any atom is -0.492 e. The zero-order valence-corrected chi connectivity index (χ0v) is 18.8. The average Bonchev–Trinajstić information content (AvgIpc) is 2.78. The Morgan fingerprint density at radius 1 is 1.06 bits per heavy atom. The summed E-state index contributed by atoms with van der Waals surface area (Å²) in [4.78, 5) is 27.9. The van der Waals surface area contributed by atoms with Crippen molar-refractivity contribution in [2.24, 2.45) is 0 Å². The van der Waals surface area contributed by atoms with Crippen LogP contribution in [-0.2, 0) is 0 Å². The molecule has 1 heterocycles. The minimum atomic E-state index is -0.151. The van der Waals surface area contributed by atoms with Gasteiger partial charge in [0.1, 0.15) is 12.4 Å². The summed E-state index contributed by atoms with van der Waals surface area (Å²) in [6, 6.07) is 12.9. The summed E-state index contributed by atoms with van der Waals surface area (Å²) < 4.78 is 7.50. The number of carbonyl (C=O) groups excluding carboxylic acids is 1. The number of carbonyl (C=O) groups is 1. The molecular formula is C25H31N3O3. The van der Waals surface area contributed by atoms with Crippen LogP contribution in [0.4, 0.5) is 0 Å². The zero-order chi connectivity index (χ0) is 22.4. The van der Waals surface area contributed by atoms with E-state index in [0.717, 1.165) is 30.6 Å². The summed E-state index contributed by atoms with van der Waals surface area (Å²) in [7, 11) is 0. The van der Waals surface area contributed by atoms with Crippen LogP contribution in [0.5, 0.6) is 5.75 Å². The number of nitrogens with one attached hydrogen (secondary N) is 1. The predicted molar refractivity (Wildman–Crippen MR) is 126 cm³/mol. The third-order valence-electron chi connectivity index (χ3n) is 5.52. The number of hydrogen-bond donors (Lipinski definition) is 1. The van der Waals surface area contributed by atoms with Crippen LogP contribution in [0.3, 0.4) is 0 Å². The number of ether oxygens (including phenoxy) is 1. The Kier molecular flexibility index (Phi) is 7.47. The van der Waals surface area contributed by atoms with Gasteiger partial charge in [0.15, 0.2) is 0 Å². The fraction of sp³-hybridized carbons (Fsp3) is 0.360. The fourth-order valence-corrected chi connectivity index (χ4v) is 3.60. The van der Waals surface area contributed by atoms with E-state index in [0.29, 0.717) is 35.5 Å². The molecule has 0 fully saturated rings. The average molecular weight is 422 g/mol. The first-order valence-electron chi connectivity index (χ1n) is 10.9. The van der Waals surface area contributed by atoms with Crippen molar-refractivity contribution >= 4 is 16.7 Å². The maximum atomic E-state index is 13.3. The number of amides is 1. The van der Waals surface area contributed by atoms with Gasteiger partial charge in [0.25, 0.3) is 11.5 Å². The number of nitrogens with zero attached hydrogens (tertiary/aromatic N) is 2. The van der Waals surface area contributed by atoms with Gasteiger partial charge in [0, 0.05) is 24.8 Å². The van der Waals surface area contributed by atoms with E-state index in [1.165, 1.54) is 0 Å². The molecule has 2 aromatic carbocycles. The van der Waals surface area contributed by atoms with Crippen molar-refractivity contribution in [1.82, 2.24) is 14.8 Å². The van der Waals surface area contributed by atoms with E-state index < -0.39 is 0 Å². The molecule has 0 radical (unpaired) electrons. The third-order valence-corrected chi connectivity index (χ3v) is 5.52. The van der Waals surface area contributed by atoms with Crippen LogP contribution >= 0.6 is 0 Å². The van der Waals surface area contributed by atoms with E-state index in [1.807, 2.05) is 38.1 Å². The van der Waals surface area contributed by atoms with Gasteiger partial charge >= 0.3 is 0 Å². The van der Waals surface area contributed by atoms with Crippen molar-refractivity contribution in [2.75, 3.05) is 32.8 Å². The largest absolute Gasteiger partial charge is 0.492 e. The molecule has 6 nitrogen and oxygen atoms in total. The number of benzene rings is 2. The van der Waals surface area contributed by atoms with Gasteiger partial charge in [-0.15, -0.1) is 0 Å². The molecule has 164 valence electrons. The molecule has 0 saturated heterocycles. The van der Waals surface area contributed by atoms with Crippen molar-refractivity contribution in [1.29, 1.82) is 0 Å². The molecular weight excluding hydrogens is 390 g/mol. The lowest BCUT2D eigenvalue weighted by molar-refractivity contribution is 0.0956. The van der Waals surface area contributed by atoms with Crippen LogP contribution in [-0.4, -0.2) is 48.2 Å². The highest BCUT2D eigenvalue weighted by Crippen LogP contribution is 2.21. The quantitative estimate of drug-likeness (QED) is 0.571. The number of hydrogen-bond acceptors (Lipinski definition) is 4. The Hall–Kier alpha value is -3.12. The van der Waals surface area contributed by atoms with Gasteiger partial charge in [-0.2, -0.15) is 0 Å². The summed E-state index contributed by atoms with van der Waals surface area (Å²) in [5, 5.41) is 4.25. The number of rotatable bonds is 9. The topological polar surface area (TPSA) is 63.6 Å². The molecule has 3 aromatic rings. The molecule has 0 aliphatic carbocycles. The van der Waals surface area contributed by atoms with Gasteiger partial charge in [0.05, 0.1) is 11.1 Å². The number of aryl methyl sites for hydroxylation is 1. The predicted octanol–water partition coefficient (Wildman–Crippen LogP) is 3.77. The summed E-state index contributed by atoms with van der Waals surface area (Å²) in [5.41, 5.74) is 2.01. The second kappa shape index (κ2) is 10.3. The van der Waals surface area contributed by atoms with Crippen molar-refractivity contribution in [3.63, 3.8) is 0 Å². The maximum Gasteiger partial charge on any atom is 0.263 e. The molecule has 31 heavy (non-hydrogen) atoms. The van der Waals surface area contributed by atoms with E-state index in [1.54, 1.807) is 29.0 Å². The molecule has 6 heteroatoms. The van der Waals surface area contributed by atoms with Crippen LogP contribution in [0.1, 0.15) is 36.7 Å². The van der Waals surface area contributed by atoms with E-state index in [-0.39, 0.29) is 11.5 Å². The van der Waals surface area contributed by atoms with Crippen molar-refractivity contribution < 1.29 is 9.53 Å². The van der Waals surface area contributed by atoms with Gasteiger partial charge < -0.3 is 15.0 Å². The fourth-order valence-electron chi connectivity index (χ4n) is 3.60. The van der Waals surface area contributed by atoms with E-state index >= 15 is 0 Å². The highest BCUT2D eigenvalue weighted by atomic mass is 16.5. The van der Waals surface area contributed by atoms with Crippen LogP contribution in [0, 0.1) is 6.92 Å². The number of aromatic nitrogens is 1. The summed E-state index contributed by atoms with van der Waals surface area (Å²) in [5.74, 6) is 0.531. The molecule has 0 saturated carbocycles. The summed E-state index contributed by atoms with van der Waals surface area (Å²) in [6.07, 6.45) is 1.76. The highest BCUT2D eigenvalue weighted by Gasteiger charge is 2.12. The lowest BCUT2D eigenvalue weighted by Crippen LogP contribution is -2.27. The van der Waals surface area contributed by atoms with Crippen molar-refractivity contribution in [2.45, 2.75) is 27.7 Å². The molecule has 1 aromatic heterocycles.